The summed E-state index contributed by atoms with van der Waals surface area (Å²) >= 11 is 6.10. The lowest BCUT2D eigenvalue weighted by Gasteiger charge is -2.40. The molecule has 0 aromatic heterocycles. The van der Waals surface area contributed by atoms with E-state index >= 15 is 0 Å². The van der Waals surface area contributed by atoms with Gasteiger partial charge in [-0.3, -0.25) is 9.59 Å². The quantitative estimate of drug-likeness (QED) is 0.320. The van der Waals surface area contributed by atoms with Crippen molar-refractivity contribution in [1.82, 2.24) is 4.90 Å². The molecule has 1 fully saturated rings. The summed E-state index contributed by atoms with van der Waals surface area (Å²) in [6.45, 7) is 6.88. The van der Waals surface area contributed by atoms with Crippen LogP contribution in [0, 0.1) is 5.41 Å². The predicted octanol–water partition coefficient (Wildman–Crippen LogP) is 6.33. The largest absolute Gasteiger partial charge is 0.496 e. The Morgan fingerprint density at radius 3 is 2.22 bits per heavy atom. The number of Topliss-reactive ketones (excluding diaryl/α,β-unsaturated/α-hetero) is 1. The highest BCUT2D eigenvalue weighted by atomic mass is 35.5. The van der Waals surface area contributed by atoms with E-state index < -0.39 is 6.04 Å². The standard InChI is InChI=1S/C36H41ClN4O5/c1-36(2)20-27-34(29(42)21-36)35(25-18-31(45-4)32(46-5)19-30(25)44-3)41(28-9-7-6-8-26(28)38-27)22-33(43)40-16-14-39(15-17-40)24-12-10-23(37)11-13-24/h6-13,18-19,35,38H,14-17,20-22H2,1-5H3. The van der Waals surface area contributed by atoms with Gasteiger partial charge < -0.3 is 34.2 Å². The summed E-state index contributed by atoms with van der Waals surface area (Å²) in [5.41, 5.74) is 4.77. The first-order valence-corrected chi connectivity index (χ1v) is 16.0. The van der Waals surface area contributed by atoms with Crippen molar-refractivity contribution in [2.24, 2.45) is 5.41 Å². The van der Waals surface area contributed by atoms with E-state index in [0.717, 1.165) is 28.3 Å². The average Bonchev–Trinajstić information content (AvgIpc) is 3.18. The van der Waals surface area contributed by atoms with Gasteiger partial charge in [0, 0.05) is 66.2 Å². The third kappa shape index (κ3) is 6.08. The molecule has 46 heavy (non-hydrogen) atoms. The van der Waals surface area contributed by atoms with Gasteiger partial charge in [0.25, 0.3) is 0 Å². The Hall–Kier alpha value is -4.37. The highest BCUT2D eigenvalue weighted by Crippen LogP contribution is 2.51. The Labute approximate surface area is 275 Å². The summed E-state index contributed by atoms with van der Waals surface area (Å²) in [5.74, 6) is 1.60. The number of benzene rings is 3. The summed E-state index contributed by atoms with van der Waals surface area (Å²) in [4.78, 5) is 34.7. The molecule has 10 heteroatoms. The van der Waals surface area contributed by atoms with Gasteiger partial charge in [-0.15, -0.1) is 0 Å². The molecule has 3 aromatic rings. The van der Waals surface area contributed by atoms with E-state index in [1.54, 1.807) is 27.4 Å². The molecule has 242 valence electrons. The molecule has 1 aliphatic carbocycles. The highest BCUT2D eigenvalue weighted by Gasteiger charge is 2.43. The van der Waals surface area contributed by atoms with Crippen LogP contribution in [0.3, 0.4) is 0 Å². The number of hydrogen-bond acceptors (Lipinski definition) is 8. The van der Waals surface area contributed by atoms with Crippen molar-refractivity contribution in [2.75, 3.05) is 69.2 Å². The van der Waals surface area contributed by atoms with Gasteiger partial charge in [0.2, 0.25) is 5.91 Å². The first kappa shape index (κ1) is 31.6. The number of halogens is 1. The van der Waals surface area contributed by atoms with Gasteiger partial charge in [-0.25, -0.2) is 0 Å². The second-order valence-corrected chi connectivity index (χ2v) is 13.2. The Balaban J connectivity index is 1.42. The number of amides is 1. The number of anilines is 3. The van der Waals surface area contributed by atoms with E-state index in [-0.39, 0.29) is 23.7 Å². The smallest absolute Gasteiger partial charge is 0.242 e. The number of ether oxygens (including phenoxy) is 3. The molecule has 1 atom stereocenters. The van der Waals surface area contributed by atoms with Gasteiger partial charge >= 0.3 is 0 Å². The maximum absolute atomic E-state index is 14.2. The molecule has 0 bridgehead atoms. The van der Waals surface area contributed by atoms with Crippen LogP contribution in [-0.2, 0) is 9.59 Å². The van der Waals surface area contributed by atoms with Gasteiger partial charge in [-0.05, 0) is 54.3 Å². The predicted molar refractivity (Wildman–Crippen MR) is 182 cm³/mol. The van der Waals surface area contributed by atoms with E-state index in [1.807, 2.05) is 59.5 Å². The van der Waals surface area contributed by atoms with Crippen LogP contribution in [0.1, 0.15) is 38.3 Å². The van der Waals surface area contributed by atoms with Crippen LogP contribution < -0.4 is 29.3 Å². The fourth-order valence-corrected chi connectivity index (χ4v) is 7.05. The summed E-state index contributed by atoms with van der Waals surface area (Å²) in [6, 6.07) is 18.8. The van der Waals surface area contributed by atoms with E-state index in [9.17, 15) is 9.59 Å². The molecular weight excluding hydrogens is 604 g/mol. The summed E-state index contributed by atoms with van der Waals surface area (Å²) < 4.78 is 17.2. The molecule has 1 amide bonds. The Morgan fingerprint density at radius 2 is 1.54 bits per heavy atom. The zero-order chi connectivity index (χ0) is 32.6. The van der Waals surface area contributed by atoms with Crippen LogP contribution in [0.15, 0.2) is 71.9 Å². The van der Waals surface area contributed by atoms with Gasteiger partial charge in [-0.2, -0.15) is 0 Å². The molecule has 2 aliphatic heterocycles. The number of fused-ring (bicyclic) bond motifs is 1. The zero-order valence-electron chi connectivity index (χ0n) is 27.1. The Morgan fingerprint density at radius 1 is 0.891 bits per heavy atom. The Kier molecular flexibility index (Phi) is 8.79. The summed E-state index contributed by atoms with van der Waals surface area (Å²) in [5, 5.41) is 4.32. The fraction of sp³-hybridized carbons (Fsp3) is 0.389. The molecule has 0 radical (unpaired) electrons. The normalized spacial score (nSPS) is 19.1. The molecule has 0 spiro atoms. The molecule has 0 saturated carbocycles. The van der Waals surface area contributed by atoms with E-state index in [2.05, 4.69) is 29.0 Å². The lowest BCUT2D eigenvalue weighted by molar-refractivity contribution is -0.130. The number of carbonyl (C=O) groups is 2. The fourth-order valence-electron chi connectivity index (χ4n) is 6.93. The second kappa shape index (κ2) is 12.8. The van der Waals surface area contributed by atoms with Gasteiger partial charge in [0.1, 0.15) is 5.75 Å². The number of piperazine rings is 1. The summed E-state index contributed by atoms with van der Waals surface area (Å²) in [6.07, 6.45) is 1.08. The molecule has 1 saturated heterocycles. The first-order chi connectivity index (χ1) is 22.1. The third-order valence-electron chi connectivity index (χ3n) is 9.16. The number of ketones is 1. The van der Waals surface area contributed by atoms with Crippen molar-refractivity contribution < 1.29 is 23.8 Å². The highest BCUT2D eigenvalue weighted by molar-refractivity contribution is 6.30. The monoisotopic (exact) mass is 644 g/mol. The van der Waals surface area contributed by atoms with Gasteiger partial charge in [0.15, 0.2) is 17.3 Å². The third-order valence-corrected chi connectivity index (χ3v) is 9.42. The summed E-state index contributed by atoms with van der Waals surface area (Å²) in [7, 11) is 4.76. The van der Waals surface area contributed by atoms with Gasteiger partial charge in [-0.1, -0.05) is 37.6 Å². The first-order valence-electron chi connectivity index (χ1n) is 15.6. The van der Waals surface area contributed by atoms with Crippen molar-refractivity contribution >= 4 is 40.4 Å². The number of nitrogens with zero attached hydrogens (tertiary/aromatic N) is 3. The Bertz CT molecular complexity index is 1660. The minimum absolute atomic E-state index is 0.0114. The lowest BCUT2D eigenvalue weighted by atomic mass is 9.73. The number of nitrogens with one attached hydrogen (secondary N) is 1. The van der Waals surface area contributed by atoms with Crippen molar-refractivity contribution in [3.63, 3.8) is 0 Å². The molecule has 6 rings (SSSR count). The maximum Gasteiger partial charge on any atom is 0.242 e. The SMILES string of the molecule is COc1cc(OC)c(C2C3=C(CC(C)(C)CC3=O)Nc3ccccc3N2CC(=O)N2CCN(c3ccc(Cl)cc3)CC2)cc1OC. The van der Waals surface area contributed by atoms with Crippen molar-refractivity contribution in [2.45, 2.75) is 32.7 Å². The van der Waals surface area contributed by atoms with Crippen LogP contribution in [0.4, 0.5) is 17.1 Å². The van der Waals surface area contributed by atoms with Crippen LogP contribution in [0.25, 0.3) is 0 Å². The van der Waals surface area contributed by atoms with Crippen LogP contribution >= 0.6 is 11.6 Å². The average molecular weight is 645 g/mol. The number of hydrogen-bond donors (Lipinski definition) is 1. The van der Waals surface area contributed by atoms with Crippen LogP contribution in [0.2, 0.25) is 5.02 Å². The van der Waals surface area contributed by atoms with E-state index in [1.165, 1.54) is 0 Å². The van der Waals surface area contributed by atoms with Gasteiger partial charge in [0.05, 0.1) is 45.3 Å². The minimum atomic E-state index is -0.621. The van der Waals surface area contributed by atoms with Crippen molar-refractivity contribution in [1.29, 1.82) is 0 Å². The zero-order valence-corrected chi connectivity index (χ0v) is 27.8. The number of para-hydroxylation sites is 2. The molecule has 9 nitrogen and oxygen atoms in total. The number of carbonyl (C=O) groups excluding carboxylic acids is 2. The van der Waals surface area contributed by atoms with Crippen LogP contribution in [-0.4, -0.2) is 70.6 Å². The maximum atomic E-state index is 14.2. The van der Waals surface area contributed by atoms with E-state index in [0.29, 0.717) is 66.9 Å². The second-order valence-electron chi connectivity index (χ2n) is 12.8. The van der Waals surface area contributed by atoms with Crippen molar-refractivity contribution in [3.8, 4) is 17.2 Å². The van der Waals surface area contributed by atoms with E-state index in [4.69, 9.17) is 25.8 Å². The number of allylic oxidation sites excluding steroid dienone is 1. The topological polar surface area (TPSA) is 83.6 Å². The molecule has 2 heterocycles. The van der Waals surface area contributed by atoms with Crippen molar-refractivity contribution in [3.05, 3.63) is 82.5 Å². The minimum Gasteiger partial charge on any atom is -0.496 e. The lowest BCUT2D eigenvalue weighted by Crippen LogP contribution is -2.52. The molecule has 3 aliphatic rings. The number of methoxy groups -OCH3 is 3. The molecule has 3 aromatic carbocycles. The molecular formula is C36H41ClN4O5. The molecule has 1 N–H and O–H groups in total. The van der Waals surface area contributed by atoms with Crippen LogP contribution in [0.5, 0.6) is 17.2 Å². The molecule has 1 unspecified atom stereocenters. The number of rotatable bonds is 7.